The Labute approximate surface area is 159 Å². The molecule has 0 aliphatic heterocycles. The molecule has 5 nitrogen and oxygen atoms in total. The van der Waals surface area contributed by atoms with Crippen LogP contribution in [0.2, 0.25) is 0 Å². The molecule has 0 fully saturated rings. The van der Waals surface area contributed by atoms with Crippen molar-refractivity contribution in [3.8, 4) is 0 Å². The van der Waals surface area contributed by atoms with Crippen LogP contribution in [-0.2, 0) is 5.75 Å². The largest absolute Gasteiger partial charge is 0.264 e. The van der Waals surface area contributed by atoms with Gasteiger partial charge in [-0.1, -0.05) is 59.7 Å². The van der Waals surface area contributed by atoms with Crippen molar-refractivity contribution in [2.24, 2.45) is 5.10 Å². The minimum Gasteiger partial charge on any atom is -0.264 e. The minimum absolute atomic E-state index is 0.237. The molecular formula is C18H18BrN5S. The second-order valence-corrected chi connectivity index (χ2v) is 7.61. The monoisotopic (exact) mass is 415 g/mol. The van der Waals surface area contributed by atoms with Crippen molar-refractivity contribution >= 4 is 33.9 Å². The molecule has 0 saturated heterocycles. The van der Waals surface area contributed by atoms with Crippen molar-refractivity contribution in [3.63, 3.8) is 0 Å². The summed E-state index contributed by atoms with van der Waals surface area (Å²) >= 11 is 5.08. The van der Waals surface area contributed by atoms with Crippen LogP contribution in [0.1, 0.15) is 36.7 Å². The standard InChI is InChI=1S/C18H18BrN5S/c1-13(2)17-22-23-18(25-12-14-5-7-16(19)8-6-14)24(17)21-11-15-4-3-9-20-10-15/h3-11,13H,12H2,1-2H3/b21-11+. The number of hydrogen-bond acceptors (Lipinski definition) is 5. The lowest BCUT2D eigenvalue weighted by molar-refractivity contribution is 0.667. The smallest absolute Gasteiger partial charge is 0.212 e. The Hall–Kier alpha value is -1.99. The molecule has 3 rings (SSSR count). The molecule has 2 heterocycles. The van der Waals surface area contributed by atoms with Gasteiger partial charge < -0.3 is 0 Å². The summed E-state index contributed by atoms with van der Waals surface area (Å²) in [5, 5.41) is 14.0. The molecule has 0 atom stereocenters. The highest BCUT2D eigenvalue weighted by Gasteiger charge is 2.15. The van der Waals surface area contributed by atoms with Gasteiger partial charge in [-0.25, -0.2) is 0 Å². The maximum atomic E-state index is 4.58. The number of benzene rings is 1. The fraction of sp³-hybridized carbons (Fsp3) is 0.222. The first-order valence-electron chi connectivity index (χ1n) is 7.90. The third kappa shape index (κ3) is 4.76. The van der Waals surface area contributed by atoms with E-state index in [1.54, 1.807) is 30.4 Å². The highest BCUT2D eigenvalue weighted by molar-refractivity contribution is 9.10. The Bertz CT molecular complexity index is 844. The van der Waals surface area contributed by atoms with E-state index in [9.17, 15) is 0 Å². The molecule has 7 heteroatoms. The van der Waals surface area contributed by atoms with Gasteiger partial charge in [-0.2, -0.15) is 9.78 Å². The molecule has 0 N–H and O–H groups in total. The van der Waals surface area contributed by atoms with Crippen molar-refractivity contribution in [1.29, 1.82) is 0 Å². The summed E-state index contributed by atoms with van der Waals surface area (Å²) in [4.78, 5) is 4.11. The average molecular weight is 416 g/mol. The van der Waals surface area contributed by atoms with Gasteiger partial charge in [0.15, 0.2) is 5.82 Å². The zero-order valence-corrected chi connectivity index (χ0v) is 16.4. The lowest BCUT2D eigenvalue weighted by Crippen LogP contribution is -2.02. The second kappa shape index (κ2) is 8.40. The highest BCUT2D eigenvalue weighted by Crippen LogP contribution is 2.25. The molecule has 0 saturated carbocycles. The van der Waals surface area contributed by atoms with E-state index in [2.05, 4.69) is 62.2 Å². The van der Waals surface area contributed by atoms with Crippen LogP contribution >= 0.6 is 27.7 Å². The maximum absolute atomic E-state index is 4.58. The molecule has 0 radical (unpaired) electrons. The van der Waals surface area contributed by atoms with E-state index < -0.39 is 0 Å². The zero-order chi connectivity index (χ0) is 17.6. The van der Waals surface area contributed by atoms with E-state index in [0.717, 1.165) is 26.8 Å². The summed E-state index contributed by atoms with van der Waals surface area (Å²) in [6.45, 7) is 4.17. The predicted octanol–water partition coefficient (Wildman–Crippen LogP) is 4.73. The van der Waals surface area contributed by atoms with Crippen molar-refractivity contribution in [1.82, 2.24) is 19.9 Å². The first kappa shape index (κ1) is 17.8. The normalized spacial score (nSPS) is 11.5. The van der Waals surface area contributed by atoms with Crippen LogP contribution in [-0.4, -0.2) is 26.1 Å². The Kier molecular flexibility index (Phi) is 5.99. The molecule has 128 valence electrons. The molecule has 0 bridgehead atoms. The van der Waals surface area contributed by atoms with Gasteiger partial charge >= 0.3 is 0 Å². The van der Waals surface area contributed by atoms with Crippen LogP contribution < -0.4 is 0 Å². The second-order valence-electron chi connectivity index (χ2n) is 5.75. The number of nitrogens with zero attached hydrogens (tertiary/aromatic N) is 5. The Morgan fingerprint density at radius 1 is 1.20 bits per heavy atom. The summed E-state index contributed by atoms with van der Waals surface area (Å²) in [6.07, 6.45) is 5.30. The van der Waals surface area contributed by atoms with Gasteiger partial charge in [0.2, 0.25) is 5.16 Å². The van der Waals surface area contributed by atoms with Gasteiger partial charge in [0.1, 0.15) is 0 Å². The number of thioether (sulfide) groups is 1. The van der Waals surface area contributed by atoms with Crippen molar-refractivity contribution in [3.05, 3.63) is 70.2 Å². The molecule has 2 aromatic heterocycles. The third-order valence-electron chi connectivity index (χ3n) is 3.44. The molecule has 0 aliphatic rings. The van der Waals surface area contributed by atoms with E-state index in [4.69, 9.17) is 0 Å². The molecule has 3 aromatic rings. The summed E-state index contributed by atoms with van der Waals surface area (Å²) in [5.74, 6) is 1.89. The Morgan fingerprint density at radius 2 is 2.00 bits per heavy atom. The van der Waals surface area contributed by atoms with Crippen molar-refractivity contribution < 1.29 is 0 Å². The molecule has 25 heavy (non-hydrogen) atoms. The highest BCUT2D eigenvalue weighted by atomic mass is 79.9. The van der Waals surface area contributed by atoms with Gasteiger partial charge in [0, 0.05) is 34.1 Å². The van der Waals surface area contributed by atoms with Crippen LogP contribution in [0.4, 0.5) is 0 Å². The van der Waals surface area contributed by atoms with Gasteiger partial charge in [-0.3, -0.25) is 4.98 Å². The number of pyridine rings is 1. The number of rotatable bonds is 6. The van der Waals surface area contributed by atoms with Crippen LogP contribution in [0.5, 0.6) is 0 Å². The molecular weight excluding hydrogens is 398 g/mol. The van der Waals surface area contributed by atoms with Crippen LogP contribution in [0.3, 0.4) is 0 Å². The van der Waals surface area contributed by atoms with Gasteiger partial charge in [-0.15, -0.1) is 10.2 Å². The number of aromatic nitrogens is 4. The van der Waals surface area contributed by atoms with Crippen molar-refractivity contribution in [2.45, 2.75) is 30.7 Å². The topological polar surface area (TPSA) is 56.0 Å². The summed E-state index contributed by atoms with van der Waals surface area (Å²) in [5.41, 5.74) is 2.17. The zero-order valence-electron chi connectivity index (χ0n) is 14.0. The van der Waals surface area contributed by atoms with Crippen LogP contribution in [0.15, 0.2) is 63.5 Å². The minimum atomic E-state index is 0.237. The number of hydrogen-bond donors (Lipinski definition) is 0. The Morgan fingerprint density at radius 3 is 2.68 bits per heavy atom. The first-order chi connectivity index (χ1) is 12.1. The van der Waals surface area contributed by atoms with E-state index in [-0.39, 0.29) is 5.92 Å². The molecule has 1 aromatic carbocycles. The van der Waals surface area contributed by atoms with Crippen molar-refractivity contribution in [2.75, 3.05) is 0 Å². The van der Waals surface area contributed by atoms with E-state index in [1.807, 2.05) is 28.9 Å². The molecule has 0 amide bonds. The van der Waals surface area contributed by atoms with Crippen LogP contribution in [0.25, 0.3) is 0 Å². The summed E-state index contributed by atoms with van der Waals surface area (Å²) in [7, 11) is 0. The molecule has 0 aliphatic carbocycles. The van der Waals surface area contributed by atoms with Gasteiger partial charge in [0.25, 0.3) is 0 Å². The fourth-order valence-corrected chi connectivity index (χ4v) is 3.25. The first-order valence-corrected chi connectivity index (χ1v) is 9.68. The molecule has 0 unspecified atom stereocenters. The van der Waals surface area contributed by atoms with Gasteiger partial charge in [-0.05, 0) is 23.8 Å². The number of halogens is 1. The van der Waals surface area contributed by atoms with E-state index in [1.165, 1.54) is 5.56 Å². The molecule has 0 spiro atoms. The third-order valence-corrected chi connectivity index (χ3v) is 4.96. The predicted molar refractivity (Wildman–Crippen MR) is 105 cm³/mol. The maximum Gasteiger partial charge on any atom is 0.212 e. The lowest BCUT2D eigenvalue weighted by Gasteiger charge is -2.06. The quantitative estimate of drug-likeness (QED) is 0.431. The SMILES string of the molecule is CC(C)c1nnc(SCc2ccc(Br)cc2)n1/N=C/c1cccnc1. The van der Waals surface area contributed by atoms with Crippen LogP contribution in [0, 0.1) is 0 Å². The van der Waals surface area contributed by atoms with E-state index in [0.29, 0.717) is 0 Å². The summed E-state index contributed by atoms with van der Waals surface area (Å²) in [6, 6.07) is 12.1. The average Bonchev–Trinajstić information content (AvgIpc) is 3.03. The van der Waals surface area contributed by atoms with Gasteiger partial charge in [0.05, 0.1) is 6.21 Å². The summed E-state index contributed by atoms with van der Waals surface area (Å²) < 4.78 is 2.90. The fourth-order valence-electron chi connectivity index (χ4n) is 2.14. The Balaban J connectivity index is 1.81. The van der Waals surface area contributed by atoms with E-state index >= 15 is 0 Å². The lowest BCUT2D eigenvalue weighted by atomic mass is 10.2.